The highest BCUT2D eigenvalue weighted by molar-refractivity contribution is 7.89. The lowest BCUT2D eigenvalue weighted by Crippen LogP contribution is -2.37. The number of unbranched alkanes of at least 4 members (excludes halogenated alkanes) is 1. The van der Waals surface area contributed by atoms with E-state index in [0.29, 0.717) is 23.6 Å². The van der Waals surface area contributed by atoms with Crippen molar-refractivity contribution in [2.75, 3.05) is 5.32 Å². The van der Waals surface area contributed by atoms with Crippen LogP contribution in [0.3, 0.4) is 0 Å². The van der Waals surface area contributed by atoms with Crippen molar-refractivity contribution < 1.29 is 17.9 Å². The van der Waals surface area contributed by atoms with Crippen LogP contribution < -0.4 is 14.8 Å². The van der Waals surface area contributed by atoms with Gasteiger partial charge < -0.3 is 10.1 Å². The normalized spacial score (nSPS) is 16.7. The van der Waals surface area contributed by atoms with Gasteiger partial charge in [0.1, 0.15) is 5.75 Å². The van der Waals surface area contributed by atoms with Gasteiger partial charge in [0.15, 0.2) is 6.10 Å². The molecule has 1 atom stereocenters. The molecule has 9 heteroatoms. The first-order valence-corrected chi connectivity index (χ1v) is 10.8. The maximum Gasteiger partial charge on any atom is 0.265 e. The number of sulfonamides is 1. The number of anilines is 1. The molecule has 1 aromatic heterocycles. The molecule has 140 valence electrons. The molecule has 1 aromatic carbocycles. The molecule has 0 bridgehead atoms. The Morgan fingerprint density at radius 2 is 2.19 bits per heavy atom. The zero-order chi connectivity index (χ0) is 18.7. The fraction of sp³-hybridized carbons (Fsp3) is 0.412. The Bertz CT molecular complexity index is 908. The van der Waals surface area contributed by atoms with Gasteiger partial charge in [0.05, 0.1) is 27.8 Å². The monoisotopic (exact) mass is 395 g/mol. The van der Waals surface area contributed by atoms with Crippen LogP contribution in [0.4, 0.5) is 5.69 Å². The van der Waals surface area contributed by atoms with Crippen molar-refractivity contribution >= 4 is 33.0 Å². The summed E-state index contributed by atoms with van der Waals surface area (Å²) in [7, 11) is -3.72. The number of thiazole rings is 1. The van der Waals surface area contributed by atoms with E-state index in [1.165, 1.54) is 23.5 Å². The number of amides is 1. The minimum atomic E-state index is -3.72. The first-order valence-electron chi connectivity index (χ1n) is 8.41. The number of aryl methyl sites for hydroxylation is 1. The number of fused-ring (bicyclic) bond motifs is 1. The summed E-state index contributed by atoms with van der Waals surface area (Å²) < 4.78 is 33.2. The quantitative estimate of drug-likeness (QED) is 0.751. The second-order valence-corrected chi connectivity index (χ2v) is 8.91. The molecule has 2 N–H and O–H groups in total. The minimum absolute atomic E-state index is 0.0686. The lowest BCUT2D eigenvalue weighted by Gasteiger charge is -2.26. The molecule has 0 aliphatic carbocycles. The molecule has 26 heavy (non-hydrogen) atoms. The Balaban J connectivity index is 1.74. The van der Waals surface area contributed by atoms with Gasteiger partial charge in [-0.25, -0.2) is 18.1 Å². The molecule has 1 aliphatic heterocycles. The summed E-state index contributed by atoms with van der Waals surface area (Å²) in [6, 6.07) is 4.47. The molecule has 1 aliphatic rings. The smallest absolute Gasteiger partial charge is 0.265 e. The number of nitrogens with one attached hydrogen (secondary N) is 2. The van der Waals surface area contributed by atoms with Gasteiger partial charge in [0, 0.05) is 5.38 Å². The summed E-state index contributed by atoms with van der Waals surface area (Å²) in [5, 5.41) is 5.44. The van der Waals surface area contributed by atoms with Crippen LogP contribution in [-0.2, 0) is 21.4 Å². The average Bonchev–Trinajstić information content (AvgIpc) is 3.03. The third-order valence-electron chi connectivity index (χ3n) is 4.01. The maximum atomic E-state index is 12.5. The van der Waals surface area contributed by atoms with E-state index in [1.54, 1.807) is 6.07 Å². The van der Waals surface area contributed by atoms with E-state index in [1.807, 2.05) is 19.2 Å². The second-order valence-electron chi connectivity index (χ2n) is 6.08. The van der Waals surface area contributed by atoms with Crippen molar-refractivity contribution in [3.05, 3.63) is 34.3 Å². The highest BCUT2D eigenvalue weighted by Crippen LogP contribution is 2.33. The molecular formula is C17H21N3O4S2. The maximum absolute atomic E-state index is 12.5. The van der Waals surface area contributed by atoms with Gasteiger partial charge in [0.2, 0.25) is 10.0 Å². The summed E-state index contributed by atoms with van der Waals surface area (Å²) in [6.07, 6.45) is 1.97. The summed E-state index contributed by atoms with van der Waals surface area (Å²) >= 11 is 1.47. The molecule has 2 aromatic rings. The predicted molar refractivity (Wildman–Crippen MR) is 99.9 cm³/mol. The van der Waals surface area contributed by atoms with Gasteiger partial charge >= 0.3 is 0 Å². The molecule has 7 nitrogen and oxygen atoms in total. The van der Waals surface area contributed by atoms with Crippen molar-refractivity contribution in [3.63, 3.8) is 0 Å². The number of aromatic nitrogens is 1. The van der Waals surface area contributed by atoms with E-state index in [0.717, 1.165) is 17.8 Å². The third-order valence-corrected chi connectivity index (χ3v) is 6.23. The molecule has 3 rings (SSSR count). The van der Waals surface area contributed by atoms with Crippen LogP contribution in [0.1, 0.15) is 36.9 Å². The molecule has 0 radical (unpaired) electrons. The van der Waals surface area contributed by atoms with E-state index < -0.39 is 16.1 Å². The zero-order valence-electron chi connectivity index (χ0n) is 14.6. The summed E-state index contributed by atoms with van der Waals surface area (Å²) in [5.74, 6) is 0.242. The highest BCUT2D eigenvalue weighted by Gasteiger charge is 2.28. The lowest BCUT2D eigenvalue weighted by atomic mass is 10.1. The second kappa shape index (κ2) is 7.73. The van der Waals surface area contributed by atoms with Gasteiger partial charge in [-0.1, -0.05) is 13.3 Å². The lowest BCUT2D eigenvalue weighted by molar-refractivity contribution is -0.123. The first kappa shape index (κ1) is 18.8. The summed E-state index contributed by atoms with van der Waals surface area (Å²) in [4.78, 5) is 16.4. The van der Waals surface area contributed by atoms with Gasteiger partial charge in [0.25, 0.3) is 5.91 Å². The van der Waals surface area contributed by atoms with E-state index >= 15 is 0 Å². The topological polar surface area (TPSA) is 97.4 Å². The Morgan fingerprint density at radius 3 is 2.88 bits per heavy atom. The largest absolute Gasteiger partial charge is 0.478 e. The fourth-order valence-electron chi connectivity index (χ4n) is 2.62. The van der Waals surface area contributed by atoms with Crippen LogP contribution in [0.2, 0.25) is 0 Å². The summed E-state index contributed by atoms with van der Waals surface area (Å²) in [5.41, 5.74) is 1.04. The number of carbonyl (C=O) groups is 1. The summed E-state index contributed by atoms with van der Waals surface area (Å²) in [6.45, 7) is 4.03. The number of ether oxygens (including phenoxy) is 1. The van der Waals surface area contributed by atoms with Crippen LogP contribution in [0, 0.1) is 6.92 Å². The zero-order valence-corrected chi connectivity index (χ0v) is 16.2. The van der Waals surface area contributed by atoms with E-state index in [2.05, 4.69) is 15.0 Å². The van der Waals surface area contributed by atoms with Crippen molar-refractivity contribution in [3.8, 4) is 5.75 Å². The fourth-order valence-corrected chi connectivity index (χ4v) is 4.26. The van der Waals surface area contributed by atoms with Crippen LogP contribution in [0.5, 0.6) is 5.75 Å². The Kier molecular flexibility index (Phi) is 5.59. The molecule has 1 amide bonds. The predicted octanol–water partition coefficient (Wildman–Crippen LogP) is 2.82. The van der Waals surface area contributed by atoms with Crippen LogP contribution >= 0.6 is 11.3 Å². The molecule has 0 saturated heterocycles. The third kappa shape index (κ3) is 4.22. The van der Waals surface area contributed by atoms with Crippen LogP contribution in [-0.4, -0.2) is 25.4 Å². The molecule has 0 saturated carbocycles. The number of hydrogen-bond acceptors (Lipinski definition) is 6. The average molecular weight is 396 g/mol. The van der Waals surface area contributed by atoms with Crippen molar-refractivity contribution in [1.82, 2.24) is 9.71 Å². The van der Waals surface area contributed by atoms with Crippen molar-refractivity contribution in [2.24, 2.45) is 0 Å². The molecule has 0 spiro atoms. The van der Waals surface area contributed by atoms with Gasteiger partial charge in [-0.3, -0.25) is 4.79 Å². The molecule has 2 heterocycles. The van der Waals surface area contributed by atoms with Gasteiger partial charge in [-0.2, -0.15) is 0 Å². The highest BCUT2D eigenvalue weighted by atomic mass is 32.2. The number of carbonyl (C=O) groups excluding carboxylic acids is 1. The molecule has 0 fully saturated rings. The van der Waals surface area contributed by atoms with E-state index in [-0.39, 0.29) is 17.3 Å². The van der Waals surface area contributed by atoms with Crippen LogP contribution in [0.15, 0.2) is 28.5 Å². The number of nitrogens with zero attached hydrogens (tertiary/aromatic N) is 1. The first-order chi connectivity index (χ1) is 12.4. The van der Waals surface area contributed by atoms with Gasteiger partial charge in [-0.15, -0.1) is 11.3 Å². The van der Waals surface area contributed by atoms with Crippen molar-refractivity contribution in [2.45, 2.75) is 50.7 Å². The minimum Gasteiger partial charge on any atom is -0.478 e. The molecule has 1 unspecified atom stereocenters. The molecular weight excluding hydrogens is 374 g/mol. The number of hydrogen-bond donors (Lipinski definition) is 2. The van der Waals surface area contributed by atoms with Crippen molar-refractivity contribution in [1.29, 1.82) is 0 Å². The Hall–Kier alpha value is -1.97. The number of rotatable bonds is 7. The standard InChI is InChI=1S/C17H21N3O4S2/c1-3-4-5-16-17(21)20-14-8-13(6-7-15(14)24-16)26(22,23)18-9-12-10-25-11(2)19-12/h6-8,10,16,18H,3-5,9H2,1-2H3,(H,20,21). The Labute approximate surface area is 156 Å². The van der Waals surface area contributed by atoms with E-state index in [4.69, 9.17) is 4.74 Å². The van der Waals surface area contributed by atoms with Gasteiger partial charge in [-0.05, 0) is 38.0 Å². The van der Waals surface area contributed by atoms with Crippen LogP contribution in [0.25, 0.3) is 0 Å². The Morgan fingerprint density at radius 1 is 1.38 bits per heavy atom. The van der Waals surface area contributed by atoms with E-state index in [9.17, 15) is 13.2 Å². The number of benzene rings is 1. The SMILES string of the molecule is CCCCC1Oc2ccc(S(=O)(=O)NCc3csc(C)n3)cc2NC1=O.